The molecule has 114 valence electrons. The molecule has 1 fully saturated rings. The number of carbonyl (C=O) groups excluding carboxylic acids is 2. The Morgan fingerprint density at radius 3 is 2.48 bits per heavy atom. The maximum atomic E-state index is 12.5. The summed E-state index contributed by atoms with van der Waals surface area (Å²) in [5.74, 6) is -0.252. The van der Waals surface area contributed by atoms with Gasteiger partial charge in [-0.25, -0.2) is 0 Å². The predicted molar refractivity (Wildman–Crippen MR) is 85.9 cm³/mol. The number of carbonyl (C=O) groups is 2. The fourth-order valence-electron chi connectivity index (χ4n) is 2.71. The summed E-state index contributed by atoms with van der Waals surface area (Å²) in [6.45, 7) is -0.0114. The third kappa shape index (κ3) is 3.00. The van der Waals surface area contributed by atoms with E-state index in [1.807, 2.05) is 12.1 Å². The number of nitrogens with zero attached hydrogens (tertiary/aromatic N) is 1. The van der Waals surface area contributed by atoms with Crippen molar-refractivity contribution >= 4 is 11.7 Å². The largest absolute Gasteiger partial charge is 0.348 e. The van der Waals surface area contributed by atoms with Crippen molar-refractivity contribution < 1.29 is 9.59 Å². The van der Waals surface area contributed by atoms with Crippen LogP contribution in [-0.4, -0.2) is 18.2 Å². The van der Waals surface area contributed by atoms with Crippen molar-refractivity contribution in [2.75, 3.05) is 6.54 Å². The molecule has 1 amide bonds. The summed E-state index contributed by atoms with van der Waals surface area (Å²) in [7, 11) is 0. The van der Waals surface area contributed by atoms with Gasteiger partial charge < -0.3 is 5.32 Å². The molecule has 0 bridgehead atoms. The molecule has 0 heterocycles. The fraction of sp³-hybridized carbons (Fsp3) is 0.211. The minimum absolute atomic E-state index is 0.0114. The minimum atomic E-state index is -0.580. The smallest absolute Gasteiger partial charge is 0.231 e. The topological polar surface area (TPSA) is 70.0 Å². The molecule has 0 unspecified atom stereocenters. The quantitative estimate of drug-likeness (QED) is 0.863. The van der Waals surface area contributed by atoms with E-state index in [4.69, 9.17) is 5.26 Å². The van der Waals surface area contributed by atoms with E-state index < -0.39 is 5.41 Å². The van der Waals surface area contributed by atoms with Crippen molar-refractivity contribution in [2.24, 2.45) is 0 Å². The monoisotopic (exact) mass is 304 g/mol. The third-order valence-electron chi connectivity index (χ3n) is 4.23. The second-order valence-electron chi connectivity index (χ2n) is 5.75. The normalized spacial score (nSPS) is 14.6. The zero-order chi connectivity index (χ0) is 16.3. The van der Waals surface area contributed by atoms with Crippen LogP contribution in [0.25, 0.3) is 0 Å². The Balaban J connectivity index is 1.68. The molecule has 0 radical (unpaired) electrons. The van der Waals surface area contributed by atoms with E-state index in [1.54, 1.807) is 42.5 Å². The van der Waals surface area contributed by atoms with Crippen LogP contribution in [0.15, 0.2) is 54.6 Å². The van der Waals surface area contributed by atoms with Gasteiger partial charge in [0.05, 0.1) is 23.6 Å². The minimum Gasteiger partial charge on any atom is -0.348 e. The average Bonchev–Trinajstić information content (AvgIpc) is 3.42. The molecule has 1 saturated carbocycles. The fourth-order valence-corrected chi connectivity index (χ4v) is 2.71. The van der Waals surface area contributed by atoms with Crippen LogP contribution in [0.5, 0.6) is 0 Å². The molecular weight excluding hydrogens is 288 g/mol. The number of Topliss-reactive ketones (excluding diaryl/α,β-unsaturated/α-hetero) is 1. The van der Waals surface area contributed by atoms with Crippen LogP contribution in [0.3, 0.4) is 0 Å². The number of rotatable bonds is 5. The molecule has 0 spiro atoms. The van der Waals surface area contributed by atoms with E-state index >= 15 is 0 Å². The first-order valence-corrected chi connectivity index (χ1v) is 7.53. The molecule has 2 aromatic rings. The highest BCUT2D eigenvalue weighted by molar-refractivity contribution is 6.01. The number of ketones is 1. The number of benzene rings is 2. The van der Waals surface area contributed by atoms with Crippen LogP contribution in [0, 0.1) is 11.3 Å². The van der Waals surface area contributed by atoms with Gasteiger partial charge in [0.25, 0.3) is 0 Å². The molecule has 2 aromatic carbocycles. The van der Waals surface area contributed by atoms with Gasteiger partial charge >= 0.3 is 0 Å². The lowest BCUT2D eigenvalue weighted by Gasteiger charge is -2.15. The summed E-state index contributed by atoms with van der Waals surface area (Å²) in [6.07, 6.45) is 1.49. The summed E-state index contributed by atoms with van der Waals surface area (Å²) < 4.78 is 0. The van der Waals surface area contributed by atoms with Crippen LogP contribution in [0.4, 0.5) is 0 Å². The van der Waals surface area contributed by atoms with Gasteiger partial charge in [-0.1, -0.05) is 42.5 Å². The number of amides is 1. The van der Waals surface area contributed by atoms with E-state index in [9.17, 15) is 9.59 Å². The average molecular weight is 304 g/mol. The van der Waals surface area contributed by atoms with Crippen LogP contribution in [0.1, 0.15) is 34.3 Å². The number of nitriles is 1. The highest BCUT2D eigenvalue weighted by atomic mass is 16.2. The van der Waals surface area contributed by atoms with Crippen molar-refractivity contribution in [1.82, 2.24) is 5.32 Å². The van der Waals surface area contributed by atoms with E-state index in [-0.39, 0.29) is 18.2 Å². The number of nitrogens with one attached hydrogen (secondary N) is 1. The van der Waals surface area contributed by atoms with Crippen LogP contribution >= 0.6 is 0 Å². The van der Waals surface area contributed by atoms with E-state index in [0.29, 0.717) is 11.1 Å². The molecule has 1 aliphatic rings. The number of hydrogen-bond donors (Lipinski definition) is 1. The maximum absolute atomic E-state index is 12.5. The summed E-state index contributed by atoms with van der Waals surface area (Å²) in [6, 6.07) is 18.1. The van der Waals surface area contributed by atoms with Gasteiger partial charge in [-0.3, -0.25) is 9.59 Å². The number of hydrogen-bond acceptors (Lipinski definition) is 3. The molecule has 23 heavy (non-hydrogen) atoms. The lowest BCUT2D eigenvalue weighted by Crippen LogP contribution is -2.37. The van der Waals surface area contributed by atoms with E-state index in [2.05, 4.69) is 11.4 Å². The van der Waals surface area contributed by atoms with Crippen molar-refractivity contribution in [3.05, 3.63) is 71.3 Å². The Bertz CT molecular complexity index is 787. The van der Waals surface area contributed by atoms with Gasteiger partial charge in [-0.15, -0.1) is 0 Å². The van der Waals surface area contributed by atoms with Crippen LogP contribution in [0.2, 0.25) is 0 Å². The summed E-state index contributed by atoms with van der Waals surface area (Å²) in [4.78, 5) is 24.6. The zero-order valence-corrected chi connectivity index (χ0v) is 12.6. The van der Waals surface area contributed by atoms with Crippen molar-refractivity contribution in [3.8, 4) is 6.07 Å². The Kier molecular flexibility index (Phi) is 3.94. The SMILES string of the molecule is N#Cc1cccc(C2(C(=O)NCC(=O)c3ccccc3)CC2)c1. The molecule has 4 nitrogen and oxygen atoms in total. The zero-order valence-electron chi connectivity index (χ0n) is 12.6. The Morgan fingerprint density at radius 2 is 1.83 bits per heavy atom. The van der Waals surface area contributed by atoms with Gasteiger partial charge in [0, 0.05) is 5.56 Å². The summed E-state index contributed by atoms with van der Waals surface area (Å²) in [5, 5.41) is 11.7. The van der Waals surface area contributed by atoms with Crippen LogP contribution < -0.4 is 5.32 Å². The maximum Gasteiger partial charge on any atom is 0.231 e. The molecule has 0 aromatic heterocycles. The first-order valence-electron chi connectivity index (χ1n) is 7.53. The Hall–Kier alpha value is -2.93. The molecule has 1 aliphatic carbocycles. The van der Waals surface area contributed by atoms with Gasteiger partial charge in [0.1, 0.15) is 0 Å². The van der Waals surface area contributed by atoms with Gasteiger partial charge in [-0.2, -0.15) is 5.26 Å². The molecule has 3 rings (SSSR count). The summed E-state index contributed by atoms with van der Waals surface area (Å²) >= 11 is 0. The second-order valence-corrected chi connectivity index (χ2v) is 5.75. The molecule has 0 atom stereocenters. The Labute approximate surface area is 134 Å². The third-order valence-corrected chi connectivity index (χ3v) is 4.23. The van der Waals surface area contributed by atoms with Crippen molar-refractivity contribution in [2.45, 2.75) is 18.3 Å². The van der Waals surface area contributed by atoms with E-state index in [0.717, 1.165) is 18.4 Å². The summed E-state index contributed by atoms with van der Waals surface area (Å²) in [5.41, 5.74) is 1.40. The van der Waals surface area contributed by atoms with Gasteiger partial charge in [-0.05, 0) is 30.5 Å². The molecule has 0 aliphatic heterocycles. The highest BCUT2D eigenvalue weighted by Crippen LogP contribution is 2.48. The van der Waals surface area contributed by atoms with Gasteiger partial charge in [0.15, 0.2) is 5.78 Å². The molecular formula is C19H16N2O2. The molecule has 4 heteroatoms. The van der Waals surface area contributed by atoms with Crippen molar-refractivity contribution in [1.29, 1.82) is 5.26 Å². The first kappa shape index (κ1) is 15.0. The van der Waals surface area contributed by atoms with E-state index in [1.165, 1.54) is 0 Å². The molecule has 0 saturated heterocycles. The predicted octanol–water partition coefficient (Wildman–Crippen LogP) is 2.59. The first-order chi connectivity index (χ1) is 11.2. The van der Waals surface area contributed by atoms with Crippen molar-refractivity contribution in [3.63, 3.8) is 0 Å². The highest BCUT2D eigenvalue weighted by Gasteiger charge is 2.51. The standard InChI is InChI=1S/C19H16N2O2/c20-12-14-5-4-8-16(11-14)19(9-10-19)18(23)21-13-17(22)15-6-2-1-3-7-15/h1-8,11H,9-10,13H2,(H,21,23). The lowest BCUT2D eigenvalue weighted by molar-refractivity contribution is -0.123. The van der Waals surface area contributed by atoms with Crippen LogP contribution in [-0.2, 0) is 10.2 Å². The van der Waals surface area contributed by atoms with Gasteiger partial charge in [0.2, 0.25) is 5.91 Å². The lowest BCUT2D eigenvalue weighted by atomic mass is 9.93. The second kappa shape index (κ2) is 6.05. The Morgan fingerprint density at radius 1 is 1.09 bits per heavy atom. The molecule has 1 N–H and O–H groups in total.